The summed E-state index contributed by atoms with van der Waals surface area (Å²) in [6.45, 7) is 3.56. The summed E-state index contributed by atoms with van der Waals surface area (Å²) in [5.41, 5.74) is 0.0750. The molecule has 17 heavy (non-hydrogen) atoms. The fourth-order valence-electron chi connectivity index (χ4n) is 1.50. The van der Waals surface area contributed by atoms with Crippen molar-refractivity contribution in [1.82, 2.24) is 4.90 Å². The number of hydrogen-bond acceptors (Lipinski definition) is 2. The summed E-state index contributed by atoms with van der Waals surface area (Å²) in [6.07, 6.45) is 0. The first-order valence-electron chi connectivity index (χ1n) is 5.34. The number of amides is 1. The highest BCUT2D eigenvalue weighted by Crippen LogP contribution is 2.12. The van der Waals surface area contributed by atoms with Crippen molar-refractivity contribution in [3.05, 3.63) is 35.4 Å². The van der Waals surface area contributed by atoms with Gasteiger partial charge in [0.05, 0.1) is 6.61 Å². The van der Waals surface area contributed by atoms with E-state index < -0.39 is 17.5 Å². The Kier molecular flexibility index (Phi) is 4.57. The van der Waals surface area contributed by atoms with Crippen molar-refractivity contribution in [1.29, 1.82) is 0 Å². The van der Waals surface area contributed by atoms with E-state index in [4.69, 9.17) is 5.11 Å². The number of nitrogens with zero attached hydrogens (tertiary/aromatic N) is 1. The van der Waals surface area contributed by atoms with Crippen LogP contribution in [-0.2, 0) is 0 Å². The minimum absolute atomic E-state index is 0.0750. The molecule has 1 aromatic carbocycles. The lowest BCUT2D eigenvalue weighted by Crippen LogP contribution is -2.39. The smallest absolute Gasteiger partial charge is 0.254 e. The van der Waals surface area contributed by atoms with Gasteiger partial charge in [-0.25, -0.2) is 8.78 Å². The molecule has 0 unspecified atom stereocenters. The second-order valence-corrected chi connectivity index (χ2v) is 3.94. The number of carbonyl (C=O) groups is 1. The minimum Gasteiger partial charge on any atom is -0.395 e. The third-order valence-corrected chi connectivity index (χ3v) is 2.39. The van der Waals surface area contributed by atoms with Crippen LogP contribution in [0.2, 0.25) is 0 Å². The molecule has 94 valence electrons. The van der Waals surface area contributed by atoms with Gasteiger partial charge in [-0.05, 0) is 32.0 Å². The second-order valence-electron chi connectivity index (χ2n) is 3.94. The molecule has 3 nitrogen and oxygen atoms in total. The van der Waals surface area contributed by atoms with Gasteiger partial charge in [-0.15, -0.1) is 0 Å². The predicted molar refractivity (Wildman–Crippen MR) is 59.6 cm³/mol. The molecule has 0 spiro atoms. The zero-order valence-corrected chi connectivity index (χ0v) is 9.78. The quantitative estimate of drug-likeness (QED) is 0.876. The van der Waals surface area contributed by atoms with Crippen LogP contribution in [0.3, 0.4) is 0 Å². The minimum atomic E-state index is -1.05. The summed E-state index contributed by atoms with van der Waals surface area (Å²) in [7, 11) is 0. The SMILES string of the molecule is CC(C)N(CCO)C(=O)c1ccc(F)c(F)c1. The fourth-order valence-corrected chi connectivity index (χ4v) is 1.50. The van der Waals surface area contributed by atoms with E-state index in [1.54, 1.807) is 13.8 Å². The Labute approximate surface area is 98.7 Å². The van der Waals surface area contributed by atoms with Gasteiger partial charge < -0.3 is 10.0 Å². The van der Waals surface area contributed by atoms with Crippen molar-refractivity contribution in [2.24, 2.45) is 0 Å². The van der Waals surface area contributed by atoms with Crippen molar-refractivity contribution in [2.45, 2.75) is 19.9 Å². The normalized spacial score (nSPS) is 10.7. The zero-order valence-electron chi connectivity index (χ0n) is 9.78. The van der Waals surface area contributed by atoms with Gasteiger partial charge >= 0.3 is 0 Å². The number of aliphatic hydroxyl groups excluding tert-OH is 1. The number of carbonyl (C=O) groups excluding carboxylic acids is 1. The summed E-state index contributed by atoms with van der Waals surface area (Å²) in [6, 6.07) is 2.89. The third kappa shape index (κ3) is 3.23. The van der Waals surface area contributed by atoms with Crippen LogP contribution in [0.4, 0.5) is 8.78 Å². The van der Waals surface area contributed by atoms with E-state index in [1.807, 2.05) is 0 Å². The molecule has 0 saturated heterocycles. The first-order valence-corrected chi connectivity index (χ1v) is 5.34. The molecule has 0 atom stereocenters. The van der Waals surface area contributed by atoms with Crippen molar-refractivity contribution in [3.8, 4) is 0 Å². The Bertz CT molecular complexity index is 407. The van der Waals surface area contributed by atoms with Crippen LogP contribution in [0.1, 0.15) is 24.2 Å². The number of halogens is 2. The molecule has 0 aromatic heterocycles. The molecule has 1 N–H and O–H groups in total. The average Bonchev–Trinajstić information content (AvgIpc) is 2.28. The Hall–Kier alpha value is -1.49. The molecule has 0 saturated carbocycles. The van der Waals surface area contributed by atoms with Crippen molar-refractivity contribution >= 4 is 5.91 Å². The second kappa shape index (κ2) is 5.72. The molecule has 0 aliphatic heterocycles. The van der Waals surface area contributed by atoms with E-state index in [2.05, 4.69) is 0 Å². The van der Waals surface area contributed by atoms with E-state index in [1.165, 1.54) is 11.0 Å². The number of hydrogen-bond donors (Lipinski definition) is 1. The molecule has 0 heterocycles. The van der Waals surface area contributed by atoms with Crippen molar-refractivity contribution < 1.29 is 18.7 Å². The first-order chi connectivity index (χ1) is 7.97. The summed E-state index contributed by atoms with van der Waals surface area (Å²) in [4.78, 5) is 13.4. The highest BCUT2D eigenvalue weighted by Gasteiger charge is 2.19. The molecule has 5 heteroatoms. The van der Waals surface area contributed by atoms with Crippen LogP contribution in [0.25, 0.3) is 0 Å². The molecule has 0 fully saturated rings. The molecule has 0 bridgehead atoms. The van der Waals surface area contributed by atoms with E-state index in [0.717, 1.165) is 12.1 Å². The Morgan fingerprint density at radius 1 is 1.35 bits per heavy atom. The Morgan fingerprint density at radius 2 is 2.00 bits per heavy atom. The van der Waals surface area contributed by atoms with Gasteiger partial charge in [0.25, 0.3) is 5.91 Å². The molecular formula is C12H15F2NO2. The summed E-state index contributed by atoms with van der Waals surface area (Å²) in [5, 5.41) is 8.85. The lowest BCUT2D eigenvalue weighted by Gasteiger charge is -2.26. The van der Waals surface area contributed by atoms with Gasteiger partial charge in [0, 0.05) is 18.2 Å². The van der Waals surface area contributed by atoms with Gasteiger partial charge in [-0.2, -0.15) is 0 Å². The molecule has 0 radical (unpaired) electrons. The number of aliphatic hydroxyl groups is 1. The van der Waals surface area contributed by atoms with Gasteiger partial charge in [-0.3, -0.25) is 4.79 Å². The first kappa shape index (κ1) is 13.6. The summed E-state index contributed by atoms with van der Waals surface area (Å²) >= 11 is 0. The molecular weight excluding hydrogens is 228 g/mol. The Balaban J connectivity index is 2.97. The maximum Gasteiger partial charge on any atom is 0.254 e. The van der Waals surface area contributed by atoms with Gasteiger partial charge in [-0.1, -0.05) is 0 Å². The monoisotopic (exact) mass is 243 g/mol. The molecule has 1 aromatic rings. The average molecular weight is 243 g/mol. The lowest BCUT2D eigenvalue weighted by molar-refractivity contribution is 0.0664. The molecule has 1 amide bonds. The van der Waals surface area contributed by atoms with Crippen LogP contribution in [0, 0.1) is 11.6 Å². The zero-order chi connectivity index (χ0) is 13.0. The van der Waals surface area contributed by atoms with E-state index in [-0.39, 0.29) is 24.8 Å². The summed E-state index contributed by atoms with van der Waals surface area (Å²) in [5.74, 6) is -2.46. The van der Waals surface area contributed by atoms with E-state index in [0.29, 0.717) is 0 Å². The van der Waals surface area contributed by atoms with Crippen LogP contribution < -0.4 is 0 Å². The van der Waals surface area contributed by atoms with Gasteiger partial charge in [0.1, 0.15) is 0 Å². The standard InChI is InChI=1S/C12H15F2NO2/c1-8(2)15(5-6-16)12(17)9-3-4-10(13)11(14)7-9/h3-4,7-8,16H,5-6H2,1-2H3. The topological polar surface area (TPSA) is 40.5 Å². The maximum atomic E-state index is 13.0. The van der Waals surface area contributed by atoms with Crippen LogP contribution in [0.5, 0.6) is 0 Å². The largest absolute Gasteiger partial charge is 0.395 e. The number of rotatable bonds is 4. The molecule has 1 rings (SSSR count). The number of benzene rings is 1. The van der Waals surface area contributed by atoms with E-state index in [9.17, 15) is 13.6 Å². The van der Waals surface area contributed by atoms with Crippen LogP contribution in [-0.4, -0.2) is 35.1 Å². The van der Waals surface area contributed by atoms with Gasteiger partial charge in [0.15, 0.2) is 11.6 Å². The van der Waals surface area contributed by atoms with Crippen molar-refractivity contribution in [2.75, 3.05) is 13.2 Å². The predicted octanol–water partition coefficient (Wildman–Crippen LogP) is 1.81. The van der Waals surface area contributed by atoms with Crippen molar-refractivity contribution in [3.63, 3.8) is 0 Å². The van der Waals surface area contributed by atoms with Crippen LogP contribution >= 0.6 is 0 Å². The third-order valence-electron chi connectivity index (χ3n) is 2.39. The highest BCUT2D eigenvalue weighted by atomic mass is 19.2. The highest BCUT2D eigenvalue weighted by molar-refractivity contribution is 5.94. The van der Waals surface area contributed by atoms with Gasteiger partial charge in [0.2, 0.25) is 0 Å². The molecule has 0 aliphatic rings. The maximum absolute atomic E-state index is 13.0. The fraction of sp³-hybridized carbons (Fsp3) is 0.417. The Morgan fingerprint density at radius 3 is 2.47 bits per heavy atom. The molecule has 0 aliphatic carbocycles. The summed E-state index contributed by atoms with van der Waals surface area (Å²) < 4.78 is 25.7. The van der Waals surface area contributed by atoms with Crippen LogP contribution in [0.15, 0.2) is 18.2 Å². The lowest BCUT2D eigenvalue weighted by atomic mass is 10.1. The van der Waals surface area contributed by atoms with E-state index >= 15 is 0 Å².